The van der Waals surface area contributed by atoms with E-state index in [1.165, 1.54) is 25.0 Å². The first kappa shape index (κ1) is 25.2. The number of phenolic OH excluding ortho intramolecular Hbond substituents is 1. The number of amides is 1. The number of phenols is 1. The zero-order chi connectivity index (χ0) is 26.5. The van der Waals surface area contributed by atoms with Gasteiger partial charge in [0.2, 0.25) is 23.6 Å². The number of carbonyl (C=O) groups is 1. The van der Waals surface area contributed by atoms with Crippen LogP contribution in [0.25, 0.3) is 0 Å². The van der Waals surface area contributed by atoms with Crippen LogP contribution in [-0.4, -0.2) is 57.1 Å². The Morgan fingerprint density at radius 1 is 0.816 bits per heavy atom. The van der Waals surface area contributed by atoms with Crippen LogP contribution in [-0.2, 0) is 0 Å². The molecule has 3 N–H and O–H groups in total. The summed E-state index contributed by atoms with van der Waals surface area (Å²) >= 11 is 0. The number of nitrogens with one attached hydrogen (secondary N) is 2. The number of anilines is 5. The van der Waals surface area contributed by atoms with Gasteiger partial charge in [-0.25, -0.2) is 0 Å². The van der Waals surface area contributed by atoms with Crippen LogP contribution in [0.15, 0.2) is 42.5 Å². The second-order valence-electron chi connectivity index (χ2n) is 9.44. The number of rotatable bonds is 7. The average Bonchev–Trinajstić information content (AvgIpc) is 2.95. The highest BCUT2D eigenvalue weighted by atomic mass is 16.6. The summed E-state index contributed by atoms with van der Waals surface area (Å²) in [6, 6.07) is 10.7. The Morgan fingerprint density at radius 2 is 1.37 bits per heavy atom. The van der Waals surface area contributed by atoms with Crippen LogP contribution in [0.1, 0.15) is 48.9 Å². The molecule has 1 aromatic heterocycles. The average molecular weight is 519 g/mol. The first-order chi connectivity index (χ1) is 18.5. The number of aromatic hydroxyl groups is 1. The lowest BCUT2D eigenvalue weighted by molar-refractivity contribution is -0.385. The number of hydrogen-bond acceptors (Lipinski definition) is 10. The fourth-order valence-corrected chi connectivity index (χ4v) is 4.71. The number of piperidine rings is 2. The summed E-state index contributed by atoms with van der Waals surface area (Å²) < 4.78 is 0. The molecule has 0 bridgehead atoms. The first-order valence-corrected chi connectivity index (χ1v) is 12.9. The monoisotopic (exact) mass is 518 g/mol. The summed E-state index contributed by atoms with van der Waals surface area (Å²) in [6.45, 7) is 3.71. The molecule has 2 aliphatic heterocycles. The quantitative estimate of drug-likeness (QED) is 0.302. The van der Waals surface area contributed by atoms with Crippen LogP contribution in [0.5, 0.6) is 5.75 Å². The standard InChI is InChI=1S/C26H30N8O4/c35-22-20(8-7-9-21(22)34(37)38)23(36)27-18-10-12-19(13-11-18)28-24-29-25(32-14-3-1-4-15-32)31-26(30-24)33-16-5-2-6-17-33/h7-13,35H,1-6,14-17H2,(H,27,36)(H,28,29,30,31). The smallest absolute Gasteiger partial charge is 0.311 e. The molecule has 38 heavy (non-hydrogen) atoms. The highest BCUT2D eigenvalue weighted by Crippen LogP contribution is 2.30. The van der Waals surface area contributed by atoms with Gasteiger partial charge < -0.3 is 25.5 Å². The second-order valence-corrected chi connectivity index (χ2v) is 9.44. The Morgan fingerprint density at radius 3 is 1.92 bits per heavy atom. The van der Waals surface area contributed by atoms with Crippen molar-refractivity contribution in [3.8, 4) is 5.75 Å². The number of aromatic nitrogens is 3. The Bertz CT molecular complexity index is 1270. The maximum atomic E-state index is 12.6. The van der Waals surface area contributed by atoms with Gasteiger partial charge in [-0.3, -0.25) is 14.9 Å². The number of carbonyl (C=O) groups excluding carboxylic acids is 1. The molecule has 1 amide bonds. The van der Waals surface area contributed by atoms with Gasteiger partial charge in [0.1, 0.15) is 0 Å². The minimum absolute atomic E-state index is 0.179. The summed E-state index contributed by atoms with van der Waals surface area (Å²) in [5, 5.41) is 27.1. The van der Waals surface area contributed by atoms with Crippen LogP contribution in [0.2, 0.25) is 0 Å². The summed E-state index contributed by atoms with van der Waals surface area (Å²) in [4.78, 5) is 41.6. The first-order valence-electron chi connectivity index (χ1n) is 12.9. The number of nitrogens with zero attached hydrogens (tertiary/aromatic N) is 6. The van der Waals surface area contributed by atoms with Gasteiger partial charge >= 0.3 is 5.69 Å². The van der Waals surface area contributed by atoms with E-state index in [2.05, 4.69) is 20.4 Å². The Kier molecular flexibility index (Phi) is 7.47. The maximum absolute atomic E-state index is 12.6. The molecule has 0 radical (unpaired) electrons. The van der Waals surface area contributed by atoms with E-state index >= 15 is 0 Å². The van der Waals surface area contributed by atoms with E-state index < -0.39 is 22.3 Å². The minimum atomic E-state index is -0.735. The van der Waals surface area contributed by atoms with E-state index in [0.29, 0.717) is 23.5 Å². The zero-order valence-corrected chi connectivity index (χ0v) is 21.0. The van der Waals surface area contributed by atoms with Crippen molar-refractivity contribution < 1.29 is 14.8 Å². The molecule has 2 aliphatic rings. The lowest BCUT2D eigenvalue weighted by atomic mass is 10.1. The zero-order valence-electron chi connectivity index (χ0n) is 21.0. The molecule has 0 saturated carbocycles. The molecule has 0 unspecified atom stereocenters. The molecule has 3 aromatic rings. The topological polar surface area (TPSA) is 150 Å². The van der Waals surface area contributed by atoms with Gasteiger partial charge in [-0.1, -0.05) is 6.07 Å². The van der Waals surface area contributed by atoms with Crippen molar-refractivity contribution in [1.82, 2.24) is 15.0 Å². The Hall–Kier alpha value is -4.48. The van der Waals surface area contributed by atoms with E-state index in [-0.39, 0.29) is 5.56 Å². The summed E-state index contributed by atoms with van der Waals surface area (Å²) in [5.41, 5.74) is 0.483. The van der Waals surface area contributed by atoms with Crippen molar-refractivity contribution in [2.45, 2.75) is 38.5 Å². The van der Waals surface area contributed by atoms with Crippen molar-refractivity contribution in [3.63, 3.8) is 0 Å². The predicted octanol–water partition coefficient (Wildman–Crippen LogP) is 4.46. The molecular weight excluding hydrogens is 488 g/mol. The van der Waals surface area contributed by atoms with Crippen LogP contribution >= 0.6 is 0 Å². The normalized spacial score (nSPS) is 15.7. The van der Waals surface area contributed by atoms with Crippen molar-refractivity contribution in [1.29, 1.82) is 0 Å². The highest BCUT2D eigenvalue weighted by molar-refractivity contribution is 6.07. The van der Waals surface area contributed by atoms with Gasteiger partial charge in [0.25, 0.3) is 5.91 Å². The lowest BCUT2D eigenvalue weighted by Gasteiger charge is -2.30. The third-order valence-electron chi connectivity index (χ3n) is 6.74. The van der Waals surface area contributed by atoms with Crippen LogP contribution in [0, 0.1) is 10.1 Å². The van der Waals surface area contributed by atoms with Gasteiger partial charge in [0.05, 0.1) is 10.5 Å². The van der Waals surface area contributed by atoms with Gasteiger partial charge in [-0.15, -0.1) is 0 Å². The molecule has 3 heterocycles. The molecular formula is C26H30N8O4. The van der Waals surface area contributed by atoms with Crippen LogP contribution < -0.4 is 20.4 Å². The fraction of sp³-hybridized carbons (Fsp3) is 0.385. The van der Waals surface area contributed by atoms with Crippen molar-refractivity contribution in [2.75, 3.05) is 46.6 Å². The molecule has 198 valence electrons. The van der Waals surface area contributed by atoms with Crippen molar-refractivity contribution in [3.05, 3.63) is 58.1 Å². The van der Waals surface area contributed by atoms with Crippen molar-refractivity contribution >= 4 is 40.8 Å². The van der Waals surface area contributed by atoms with E-state index in [9.17, 15) is 20.0 Å². The van der Waals surface area contributed by atoms with Gasteiger partial charge in [-0.2, -0.15) is 15.0 Å². The molecule has 12 nitrogen and oxygen atoms in total. The van der Waals surface area contributed by atoms with Crippen molar-refractivity contribution in [2.24, 2.45) is 0 Å². The number of benzene rings is 2. The molecule has 0 atom stereocenters. The van der Waals surface area contributed by atoms with Gasteiger partial charge in [-0.05, 0) is 68.9 Å². The van der Waals surface area contributed by atoms with Gasteiger partial charge in [0.15, 0.2) is 0 Å². The second kappa shape index (κ2) is 11.3. The van der Waals surface area contributed by atoms with E-state index in [1.807, 2.05) is 0 Å². The molecule has 0 spiro atoms. The van der Waals surface area contributed by atoms with Gasteiger partial charge in [0, 0.05) is 43.6 Å². The van der Waals surface area contributed by atoms with E-state index in [0.717, 1.165) is 63.6 Å². The summed E-state index contributed by atoms with van der Waals surface area (Å²) in [7, 11) is 0. The minimum Gasteiger partial charge on any atom is -0.502 e. The molecule has 12 heteroatoms. The third-order valence-corrected chi connectivity index (χ3v) is 6.74. The number of nitro groups is 1. The van der Waals surface area contributed by atoms with E-state index in [4.69, 9.17) is 15.0 Å². The largest absolute Gasteiger partial charge is 0.502 e. The fourth-order valence-electron chi connectivity index (χ4n) is 4.71. The molecule has 0 aliphatic carbocycles. The highest BCUT2D eigenvalue weighted by Gasteiger charge is 2.22. The number of nitro benzene ring substituents is 1. The Labute approximate surface area is 219 Å². The number of hydrogen-bond donors (Lipinski definition) is 3. The van der Waals surface area contributed by atoms with E-state index in [1.54, 1.807) is 24.3 Å². The van der Waals surface area contributed by atoms with Crippen LogP contribution in [0.3, 0.4) is 0 Å². The maximum Gasteiger partial charge on any atom is 0.311 e. The molecule has 5 rings (SSSR count). The Balaban J connectivity index is 1.32. The number of para-hydroxylation sites is 1. The van der Waals surface area contributed by atoms with Crippen LogP contribution in [0.4, 0.5) is 34.9 Å². The summed E-state index contributed by atoms with van der Waals surface area (Å²) in [6.07, 6.45) is 6.91. The summed E-state index contributed by atoms with van der Waals surface area (Å²) in [5.74, 6) is 0.505. The molecule has 2 aromatic carbocycles. The third kappa shape index (κ3) is 5.74. The molecule has 2 fully saturated rings. The SMILES string of the molecule is O=C(Nc1ccc(Nc2nc(N3CCCCC3)nc(N3CCCCC3)n2)cc1)c1cccc([N+](=O)[O-])c1O. The predicted molar refractivity (Wildman–Crippen MR) is 144 cm³/mol. The lowest BCUT2D eigenvalue weighted by Crippen LogP contribution is -2.34. The molecule has 2 saturated heterocycles.